The Morgan fingerprint density at radius 1 is 1.33 bits per heavy atom. The molecule has 4 rings (SSSR count). The Morgan fingerprint density at radius 2 is 2.09 bits per heavy atom. The molecule has 0 radical (unpaired) electrons. The molecule has 2 aliphatic rings. The number of likely N-dealkylation sites (tertiary alicyclic amines) is 1. The van der Waals surface area contributed by atoms with Crippen molar-refractivity contribution in [1.29, 1.82) is 5.26 Å². The van der Waals surface area contributed by atoms with Gasteiger partial charge in [-0.1, -0.05) is 6.07 Å². The largest absolute Gasteiger partial charge is 0.496 e. The van der Waals surface area contributed by atoms with Crippen LogP contribution in [0.1, 0.15) is 47.9 Å². The number of nitrogens with one attached hydrogen (secondary N) is 1. The van der Waals surface area contributed by atoms with Gasteiger partial charge in [-0.05, 0) is 57.5 Å². The number of nitrogens with zero attached hydrogens (tertiary/aromatic N) is 3. The summed E-state index contributed by atoms with van der Waals surface area (Å²) in [6.45, 7) is 7.28. The van der Waals surface area contributed by atoms with Gasteiger partial charge in [0.15, 0.2) is 0 Å². The molecule has 0 spiro atoms. The zero-order valence-corrected chi connectivity index (χ0v) is 19.3. The zero-order chi connectivity index (χ0) is 23.5. The highest BCUT2D eigenvalue weighted by atomic mass is 16.5. The molecule has 1 saturated heterocycles. The summed E-state index contributed by atoms with van der Waals surface area (Å²) >= 11 is 0. The molecule has 3 N–H and O–H groups in total. The van der Waals surface area contributed by atoms with E-state index in [1.165, 1.54) is 12.8 Å². The third-order valence-corrected chi connectivity index (χ3v) is 6.35. The molecular formula is C25H29N5O3. The van der Waals surface area contributed by atoms with Crippen molar-refractivity contribution in [2.45, 2.75) is 32.6 Å². The summed E-state index contributed by atoms with van der Waals surface area (Å²) in [5.41, 5.74) is 10.7. The molecule has 1 aromatic heterocycles. The fourth-order valence-corrected chi connectivity index (χ4v) is 4.71. The Bertz CT molecular complexity index is 1150. The summed E-state index contributed by atoms with van der Waals surface area (Å²) in [4.78, 5) is 19.6. The maximum Gasteiger partial charge on any atom is 0.247 e. The van der Waals surface area contributed by atoms with Gasteiger partial charge in [-0.3, -0.25) is 9.69 Å². The molecule has 3 heterocycles. The van der Waals surface area contributed by atoms with E-state index < -0.39 is 11.8 Å². The van der Waals surface area contributed by atoms with E-state index in [1.54, 1.807) is 25.4 Å². The highest BCUT2D eigenvalue weighted by Crippen LogP contribution is 2.48. The number of aryl methyl sites for hydroxylation is 1. The summed E-state index contributed by atoms with van der Waals surface area (Å²) < 4.78 is 11.8. The highest BCUT2D eigenvalue weighted by Gasteiger charge is 2.37. The summed E-state index contributed by atoms with van der Waals surface area (Å²) in [7, 11) is 1.55. The smallest absolute Gasteiger partial charge is 0.247 e. The van der Waals surface area contributed by atoms with Gasteiger partial charge in [-0.25, -0.2) is 4.98 Å². The van der Waals surface area contributed by atoms with Gasteiger partial charge >= 0.3 is 0 Å². The van der Waals surface area contributed by atoms with E-state index in [-0.39, 0.29) is 0 Å². The van der Waals surface area contributed by atoms with Crippen LogP contribution in [-0.2, 0) is 4.79 Å². The summed E-state index contributed by atoms with van der Waals surface area (Å²) in [5.74, 6) is -0.116. The van der Waals surface area contributed by atoms with Crippen molar-refractivity contribution in [1.82, 2.24) is 9.88 Å². The van der Waals surface area contributed by atoms with Crippen LogP contribution in [0, 0.1) is 18.3 Å². The average molecular weight is 448 g/mol. The van der Waals surface area contributed by atoms with Crippen LogP contribution >= 0.6 is 0 Å². The summed E-state index contributed by atoms with van der Waals surface area (Å²) in [6, 6.07) is 7.32. The third kappa shape index (κ3) is 4.37. The Kier molecular flexibility index (Phi) is 6.52. The average Bonchev–Trinajstić information content (AvgIpc) is 3.33. The minimum absolute atomic E-state index is 0.419. The van der Waals surface area contributed by atoms with Gasteiger partial charge < -0.3 is 20.5 Å². The molecule has 8 heteroatoms. The Hall–Kier alpha value is -3.57. The van der Waals surface area contributed by atoms with E-state index in [1.807, 2.05) is 19.9 Å². The van der Waals surface area contributed by atoms with Gasteiger partial charge in [0.1, 0.15) is 12.4 Å². The van der Waals surface area contributed by atoms with Crippen LogP contribution in [0.4, 0.5) is 5.69 Å². The highest BCUT2D eigenvalue weighted by molar-refractivity contribution is 5.98. The number of allylic oxidation sites excluding steroid dienone is 1. The van der Waals surface area contributed by atoms with Crippen molar-refractivity contribution >= 4 is 11.6 Å². The minimum Gasteiger partial charge on any atom is -0.496 e. The Labute approximate surface area is 194 Å². The number of methoxy groups -OCH3 is 1. The van der Waals surface area contributed by atoms with Crippen LogP contribution in [0.15, 0.2) is 35.7 Å². The van der Waals surface area contributed by atoms with Crippen LogP contribution in [0.25, 0.3) is 0 Å². The molecule has 2 aliphatic heterocycles. The number of anilines is 1. The standard InChI is InChI=1S/C25H29N5O3/c1-15-14-28-25(33-11-10-30-8-4-5-9-30)22-21(20(24(27)31)16(2)29-23(15)22)18-7-6-17(13-26)12-19(18)32-3/h6-7,12,14,21,29H,4-5,8-11H2,1-3H3,(H2,27,31)/t21-/m1/s1. The lowest BCUT2D eigenvalue weighted by molar-refractivity contribution is -0.114. The van der Waals surface area contributed by atoms with E-state index in [0.29, 0.717) is 35.1 Å². The van der Waals surface area contributed by atoms with E-state index in [4.69, 9.17) is 15.2 Å². The predicted molar refractivity (Wildman–Crippen MR) is 125 cm³/mol. The number of primary amides is 1. The Morgan fingerprint density at radius 3 is 2.76 bits per heavy atom. The first-order valence-electron chi connectivity index (χ1n) is 11.1. The maximum atomic E-state index is 12.6. The first-order valence-corrected chi connectivity index (χ1v) is 11.1. The maximum absolute atomic E-state index is 12.6. The number of rotatable bonds is 7. The van der Waals surface area contributed by atoms with Crippen molar-refractivity contribution in [2.75, 3.05) is 38.7 Å². The van der Waals surface area contributed by atoms with Crippen LogP contribution in [0.5, 0.6) is 11.6 Å². The molecule has 0 unspecified atom stereocenters. The summed E-state index contributed by atoms with van der Waals surface area (Å²) in [6.07, 6.45) is 4.20. The number of benzene rings is 1. The molecule has 1 amide bonds. The van der Waals surface area contributed by atoms with Crippen molar-refractivity contribution in [3.63, 3.8) is 0 Å². The van der Waals surface area contributed by atoms with Crippen LogP contribution in [-0.4, -0.2) is 49.1 Å². The number of hydrogen-bond acceptors (Lipinski definition) is 7. The topological polar surface area (TPSA) is 113 Å². The number of pyridine rings is 1. The lowest BCUT2D eigenvalue weighted by atomic mass is 9.79. The van der Waals surface area contributed by atoms with Gasteiger partial charge in [0, 0.05) is 29.6 Å². The van der Waals surface area contributed by atoms with Gasteiger partial charge in [-0.2, -0.15) is 5.26 Å². The van der Waals surface area contributed by atoms with Crippen molar-refractivity contribution in [3.8, 4) is 17.7 Å². The number of nitriles is 1. The number of ether oxygens (including phenoxy) is 2. The second-order valence-electron chi connectivity index (χ2n) is 8.46. The number of hydrogen-bond donors (Lipinski definition) is 2. The predicted octanol–water partition coefficient (Wildman–Crippen LogP) is 3.06. The van der Waals surface area contributed by atoms with Crippen molar-refractivity contribution in [2.24, 2.45) is 5.73 Å². The fraction of sp³-hybridized carbons (Fsp3) is 0.400. The molecular weight excluding hydrogens is 418 g/mol. The molecule has 172 valence electrons. The van der Waals surface area contributed by atoms with Gasteiger partial charge in [0.05, 0.1) is 35.9 Å². The van der Waals surface area contributed by atoms with Crippen LogP contribution in [0.3, 0.4) is 0 Å². The van der Waals surface area contributed by atoms with E-state index in [9.17, 15) is 10.1 Å². The first-order chi connectivity index (χ1) is 15.9. The monoisotopic (exact) mass is 447 g/mol. The van der Waals surface area contributed by atoms with E-state index >= 15 is 0 Å². The normalized spacial score (nSPS) is 17.8. The van der Waals surface area contributed by atoms with E-state index in [2.05, 4.69) is 21.3 Å². The number of aromatic nitrogens is 1. The SMILES string of the molecule is COc1cc(C#N)ccc1[C@@H]1C(C(N)=O)=C(C)Nc2c(C)cnc(OCCN3CCCC3)c21. The van der Waals surface area contributed by atoms with Gasteiger partial charge in [0.2, 0.25) is 11.8 Å². The first kappa shape index (κ1) is 22.6. The molecule has 2 aromatic rings. The number of fused-ring (bicyclic) bond motifs is 1. The number of carbonyl (C=O) groups is 1. The minimum atomic E-state index is -0.546. The number of amides is 1. The second-order valence-corrected chi connectivity index (χ2v) is 8.46. The van der Waals surface area contributed by atoms with Gasteiger partial charge in [0.25, 0.3) is 0 Å². The lowest BCUT2D eigenvalue weighted by Gasteiger charge is -2.32. The lowest BCUT2D eigenvalue weighted by Crippen LogP contribution is -2.29. The molecule has 33 heavy (non-hydrogen) atoms. The number of carbonyl (C=O) groups excluding carboxylic acids is 1. The fourth-order valence-electron chi connectivity index (χ4n) is 4.71. The van der Waals surface area contributed by atoms with E-state index in [0.717, 1.165) is 42.0 Å². The Balaban J connectivity index is 1.82. The number of nitrogens with two attached hydrogens (primary N) is 1. The molecule has 8 nitrogen and oxygen atoms in total. The molecule has 1 aromatic carbocycles. The molecule has 1 fully saturated rings. The zero-order valence-electron chi connectivity index (χ0n) is 19.3. The molecule has 0 saturated carbocycles. The molecule has 0 bridgehead atoms. The second kappa shape index (κ2) is 9.51. The van der Waals surface area contributed by atoms with Crippen molar-refractivity contribution < 1.29 is 14.3 Å². The van der Waals surface area contributed by atoms with Gasteiger partial charge in [-0.15, -0.1) is 0 Å². The quantitative estimate of drug-likeness (QED) is 0.670. The summed E-state index contributed by atoms with van der Waals surface area (Å²) in [5, 5.41) is 12.7. The van der Waals surface area contributed by atoms with Crippen LogP contribution < -0.4 is 20.5 Å². The molecule has 1 atom stereocenters. The van der Waals surface area contributed by atoms with Crippen LogP contribution in [0.2, 0.25) is 0 Å². The third-order valence-electron chi connectivity index (χ3n) is 6.35. The molecule has 0 aliphatic carbocycles. The van der Waals surface area contributed by atoms with Crippen molar-refractivity contribution in [3.05, 3.63) is 57.9 Å².